The van der Waals surface area contributed by atoms with E-state index in [2.05, 4.69) is 10.3 Å². The molecule has 0 radical (unpaired) electrons. The fourth-order valence-electron chi connectivity index (χ4n) is 2.44. The summed E-state index contributed by atoms with van der Waals surface area (Å²) in [6.07, 6.45) is 6.32. The van der Waals surface area contributed by atoms with Crippen LogP contribution >= 0.6 is 11.8 Å². The van der Waals surface area contributed by atoms with E-state index in [9.17, 15) is 9.18 Å². The van der Waals surface area contributed by atoms with Crippen molar-refractivity contribution in [1.29, 1.82) is 0 Å². The number of benzene rings is 1. The first-order valence-corrected chi connectivity index (χ1v) is 7.56. The molecule has 3 rings (SSSR count). The van der Waals surface area contributed by atoms with Crippen LogP contribution in [0.4, 0.5) is 4.39 Å². The Labute approximate surface area is 121 Å². The van der Waals surface area contributed by atoms with Crippen LogP contribution in [-0.2, 0) is 4.79 Å². The molecule has 1 aliphatic heterocycles. The van der Waals surface area contributed by atoms with Gasteiger partial charge in [-0.2, -0.15) is 0 Å². The van der Waals surface area contributed by atoms with Crippen LogP contribution in [0.2, 0.25) is 0 Å². The van der Waals surface area contributed by atoms with Gasteiger partial charge in [-0.3, -0.25) is 9.79 Å². The SMILES string of the molecule is O=C1NC(=NC2CCCC2)S/C1=C\c1cccc(F)c1. The number of halogens is 1. The number of nitrogens with zero attached hydrogens (tertiary/aromatic N) is 1. The van der Waals surface area contributed by atoms with Crippen molar-refractivity contribution in [3.05, 3.63) is 40.6 Å². The Morgan fingerprint density at radius 2 is 2.15 bits per heavy atom. The summed E-state index contributed by atoms with van der Waals surface area (Å²) in [5, 5.41) is 3.45. The van der Waals surface area contributed by atoms with Crippen molar-refractivity contribution in [3.8, 4) is 0 Å². The van der Waals surface area contributed by atoms with Crippen LogP contribution < -0.4 is 5.32 Å². The molecule has 1 heterocycles. The van der Waals surface area contributed by atoms with Gasteiger partial charge in [-0.15, -0.1) is 0 Å². The predicted molar refractivity (Wildman–Crippen MR) is 79.8 cm³/mol. The van der Waals surface area contributed by atoms with E-state index in [1.54, 1.807) is 18.2 Å². The molecule has 1 amide bonds. The molecular formula is C15H15FN2OS. The molecule has 1 N–H and O–H groups in total. The number of amides is 1. The van der Waals surface area contributed by atoms with Crippen LogP contribution in [0.25, 0.3) is 6.08 Å². The van der Waals surface area contributed by atoms with Crippen LogP contribution in [0.1, 0.15) is 31.2 Å². The number of carbonyl (C=O) groups is 1. The lowest BCUT2D eigenvalue weighted by Gasteiger charge is -2.02. The molecule has 0 spiro atoms. The number of hydrogen-bond acceptors (Lipinski definition) is 3. The van der Waals surface area contributed by atoms with Gasteiger partial charge in [0.05, 0.1) is 10.9 Å². The molecule has 1 aliphatic carbocycles. The maximum absolute atomic E-state index is 13.1. The highest BCUT2D eigenvalue weighted by molar-refractivity contribution is 8.18. The smallest absolute Gasteiger partial charge is 0.264 e. The molecule has 0 bridgehead atoms. The molecule has 2 aliphatic rings. The molecule has 3 nitrogen and oxygen atoms in total. The van der Waals surface area contributed by atoms with E-state index in [0.717, 1.165) is 12.8 Å². The van der Waals surface area contributed by atoms with Gasteiger partial charge in [0, 0.05) is 0 Å². The van der Waals surface area contributed by atoms with E-state index in [1.165, 1.54) is 36.7 Å². The lowest BCUT2D eigenvalue weighted by atomic mass is 10.2. The van der Waals surface area contributed by atoms with E-state index in [0.29, 0.717) is 21.7 Å². The van der Waals surface area contributed by atoms with Gasteiger partial charge in [0.15, 0.2) is 5.17 Å². The predicted octanol–water partition coefficient (Wildman–Crippen LogP) is 3.33. The number of rotatable bonds is 2. The third-order valence-electron chi connectivity index (χ3n) is 3.42. The molecular weight excluding hydrogens is 275 g/mol. The van der Waals surface area contributed by atoms with Crippen LogP contribution in [-0.4, -0.2) is 17.1 Å². The highest BCUT2D eigenvalue weighted by Gasteiger charge is 2.25. The van der Waals surface area contributed by atoms with Crippen LogP contribution in [0.3, 0.4) is 0 Å². The Kier molecular flexibility index (Phi) is 3.87. The van der Waals surface area contributed by atoms with Crippen molar-refractivity contribution < 1.29 is 9.18 Å². The normalized spacial score (nSPS) is 23.8. The molecule has 0 aromatic heterocycles. The molecule has 104 valence electrons. The van der Waals surface area contributed by atoms with Crippen LogP contribution in [0.5, 0.6) is 0 Å². The second-order valence-corrected chi connectivity index (χ2v) is 6.02. The average Bonchev–Trinajstić information content (AvgIpc) is 3.01. The third-order valence-corrected chi connectivity index (χ3v) is 4.35. The maximum Gasteiger partial charge on any atom is 0.264 e. The Morgan fingerprint density at radius 3 is 2.90 bits per heavy atom. The number of hydrogen-bond donors (Lipinski definition) is 1. The van der Waals surface area contributed by atoms with E-state index >= 15 is 0 Å². The fraction of sp³-hybridized carbons (Fsp3) is 0.333. The van der Waals surface area contributed by atoms with Crippen LogP contribution in [0.15, 0.2) is 34.2 Å². The lowest BCUT2D eigenvalue weighted by Crippen LogP contribution is -2.21. The van der Waals surface area contributed by atoms with Gasteiger partial charge in [-0.05, 0) is 48.4 Å². The Hall–Kier alpha value is -1.62. The monoisotopic (exact) mass is 290 g/mol. The van der Waals surface area contributed by atoms with Crippen molar-refractivity contribution in [2.24, 2.45) is 4.99 Å². The first kappa shape index (κ1) is 13.4. The first-order chi connectivity index (χ1) is 9.70. The molecule has 1 saturated heterocycles. The minimum atomic E-state index is -0.303. The Bertz CT molecular complexity index is 591. The standard InChI is InChI=1S/C15H15FN2OS/c16-11-5-3-4-10(8-11)9-13-14(19)18-15(20-13)17-12-6-1-2-7-12/h3-5,8-9,12H,1-2,6-7H2,(H,17,18,19)/b13-9-. The molecule has 5 heteroatoms. The summed E-state index contributed by atoms with van der Waals surface area (Å²) >= 11 is 1.33. The highest BCUT2D eigenvalue weighted by Crippen LogP contribution is 2.29. The highest BCUT2D eigenvalue weighted by atomic mass is 32.2. The zero-order valence-electron chi connectivity index (χ0n) is 10.9. The Balaban J connectivity index is 1.76. The zero-order valence-corrected chi connectivity index (χ0v) is 11.8. The first-order valence-electron chi connectivity index (χ1n) is 6.75. The van der Waals surface area contributed by atoms with Gasteiger partial charge < -0.3 is 5.32 Å². The van der Waals surface area contributed by atoms with Crippen molar-refractivity contribution >= 4 is 28.9 Å². The van der Waals surface area contributed by atoms with Gasteiger partial charge in [0.25, 0.3) is 5.91 Å². The minimum Gasteiger partial charge on any atom is -0.301 e. The van der Waals surface area contributed by atoms with E-state index < -0.39 is 0 Å². The summed E-state index contributed by atoms with van der Waals surface area (Å²) < 4.78 is 13.1. The Morgan fingerprint density at radius 1 is 1.35 bits per heavy atom. The third kappa shape index (κ3) is 3.10. The number of thioether (sulfide) groups is 1. The summed E-state index contributed by atoms with van der Waals surface area (Å²) in [5.41, 5.74) is 0.685. The van der Waals surface area contributed by atoms with Crippen molar-refractivity contribution in [2.45, 2.75) is 31.7 Å². The molecule has 1 saturated carbocycles. The second-order valence-electron chi connectivity index (χ2n) is 4.99. The summed E-state index contributed by atoms with van der Waals surface area (Å²) in [6, 6.07) is 6.54. The van der Waals surface area contributed by atoms with Gasteiger partial charge in [0.1, 0.15) is 5.82 Å². The van der Waals surface area contributed by atoms with Crippen molar-refractivity contribution in [2.75, 3.05) is 0 Å². The number of carbonyl (C=O) groups excluding carboxylic acids is 1. The van der Waals surface area contributed by atoms with Crippen molar-refractivity contribution in [1.82, 2.24) is 5.32 Å². The topological polar surface area (TPSA) is 41.5 Å². The van der Waals surface area contributed by atoms with E-state index in [-0.39, 0.29) is 11.7 Å². The quantitative estimate of drug-likeness (QED) is 0.849. The van der Waals surface area contributed by atoms with Gasteiger partial charge >= 0.3 is 0 Å². The lowest BCUT2D eigenvalue weighted by molar-refractivity contribution is -0.115. The zero-order chi connectivity index (χ0) is 13.9. The van der Waals surface area contributed by atoms with Crippen molar-refractivity contribution in [3.63, 3.8) is 0 Å². The number of amidine groups is 1. The van der Waals surface area contributed by atoms with Gasteiger partial charge in [0.2, 0.25) is 0 Å². The largest absolute Gasteiger partial charge is 0.301 e. The summed E-state index contributed by atoms with van der Waals surface area (Å²) in [7, 11) is 0. The summed E-state index contributed by atoms with van der Waals surface area (Å²) in [4.78, 5) is 17.0. The molecule has 2 fully saturated rings. The second kappa shape index (κ2) is 5.79. The number of aliphatic imine (C=N–C) groups is 1. The van der Waals surface area contributed by atoms with Gasteiger partial charge in [-0.25, -0.2) is 4.39 Å². The van der Waals surface area contributed by atoms with E-state index in [4.69, 9.17) is 0 Å². The van der Waals surface area contributed by atoms with E-state index in [1.807, 2.05) is 0 Å². The summed E-state index contributed by atoms with van der Waals surface area (Å²) in [5.74, 6) is -0.460. The van der Waals surface area contributed by atoms with Crippen LogP contribution in [0, 0.1) is 5.82 Å². The summed E-state index contributed by atoms with van der Waals surface area (Å²) in [6.45, 7) is 0. The molecule has 1 aromatic carbocycles. The number of nitrogens with one attached hydrogen (secondary N) is 1. The molecule has 1 aromatic rings. The van der Waals surface area contributed by atoms with Gasteiger partial charge in [-0.1, -0.05) is 25.0 Å². The molecule has 0 atom stereocenters. The fourth-order valence-corrected chi connectivity index (χ4v) is 3.33. The maximum atomic E-state index is 13.1. The molecule has 20 heavy (non-hydrogen) atoms. The minimum absolute atomic E-state index is 0.156. The molecule has 0 unspecified atom stereocenters. The average molecular weight is 290 g/mol.